The van der Waals surface area contributed by atoms with Crippen molar-refractivity contribution in [2.24, 2.45) is 5.73 Å². The second-order valence-corrected chi connectivity index (χ2v) is 9.80. The maximum atomic E-state index is 12.6. The summed E-state index contributed by atoms with van der Waals surface area (Å²) in [6, 6.07) is 29.0. The summed E-state index contributed by atoms with van der Waals surface area (Å²) in [5, 5.41) is 1.37. The monoisotopic (exact) mass is 485 g/mol. The molecule has 7 nitrogen and oxygen atoms in total. The van der Waals surface area contributed by atoms with Gasteiger partial charge in [0.2, 0.25) is 15.9 Å². The van der Waals surface area contributed by atoms with Gasteiger partial charge in [-0.3, -0.25) is 4.79 Å². The second-order valence-electron chi connectivity index (χ2n) is 8.04. The molecule has 1 heterocycles. The number of nitrogens with one attached hydrogen (secondary N) is 1. The number of primary amides is 1. The number of carbonyl (C=O) groups excluding carboxylic acids is 1. The van der Waals surface area contributed by atoms with Crippen LogP contribution in [0.2, 0.25) is 0 Å². The van der Waals surface area contributed by atoms with Gasteiger partial charge in [0.25, 0.3) is 0 Å². The topological polar surface area (TPSA) is 103 Å². The molecule has 0 atom stereocenters. The molecule has 8 heteroatoms. The molecule has 35 heavy (non-hydrogen) atoms. The normalized spacial score (nSPS) is 11.7. The molecule has 176 valence electrons. The van der Waals surface area contributed by atoms with Crippen LogP contribution in [0.25, 0.3) is 21.8 Å². The number of benzene rings is 4. The van der Waals surface area contributed by atoms with Gasteiger partial charge in [-0.15, -0.1) is 0 Å². The highest BCUT2D eigenvalue weighted by Crippen LogP contribution is 2.38. The fourth-order valence-electron chi connectivity index (χ4n) is 4.28. The predicted molar refractivity (Wildman–Crippen MR) is 136 cm³/mol. The summed E-state index contributed by atoms with van der Waals surface area (Å²) >= 11 is 0. The molecular weight excluding hydrogens is 462 g/mol. The molecule has 0 fully saturated rings. The average Bonchev–Trinajstić information content (AvgIpc) is 3.19. The fraction of sp³-hybridized carbons (Fsp3) is 0.0741. The Hall–Kier alpha value is -4.14. The van der Waals surface area contributed by atoms with Crippen LogP contribution in [-0.4, -0.2) is 25.6 Å². The van der Waals surface area contributed by atoms with Crippen LogP contribution in [0.15, 0.2) is 102 Å². The summed E-state index contributed by atoms with van der Waals surface area (Å²) in [6.07, 6.45) is 0. The average molecular weight is 486 g/mol. The minimum Gasteiger partial charge on any atom is -0.477 e. The Labute approximate surface area is 202 Å². The standard InChI is InChI=1S/C27H23N3O4S/c28-27(31)21-13-7-14-22-25(21)26-23(30(22)17-19-9-3-1-4-10-19)15-8-16-24(26)34-18-29-35(32,33)20-11-5-2-6-12-20/h1-16,29H,17-18H2,(H2,28,31). The third-order valence-corrected chi connectivity index (χ3v) is 7.25. The fourth-order valence-corrected chi connectivity index (χ4v) is 5.18. The van der Waals surface area contributed by atoms with Gasteiger partial charge < -0.3 is 15.0 Å². The SMILES string of the molecule is NC(=O)c1cccc2c1c1c(OCNS(=O)(=O)c3ccccc3)cccc1n2Cc1ccccc1. The molecule has 0 aliphatic heterocycles. The van der Waals surface area contributed by atoms with Gasteiger partial charge in [0.15, 0.2) is 6.73 Å². The zero-order chi connectivity index (χ0) is 24.4. The van der Waals surface area contributed by atoms with Crippen molar-refractivity contribution in [2.45, 2.75) is 11.4 Å². The lowest BCUT2D eigenvalue weighted by Crippen LogP contribution is -2.27. The van der Waals surface area contributed by atoms with Crippen molar-refractivity contribution in [3.8, 4) is 5.75 Å². The smallest absolute Gasteiger partial charge is 0.249 e. The molecule has 4 aromatic carbocycles. The van der Waals surface area contributed by atoms with E-state index in [2.05, 4.69) is 9.29 Å². The van der Waals surface area contributed by atoms with Crippen LogP contribution < -0.4 is 15.2 Å². The molecule has 0 aliphatic rings. The van der Waals surface area contributed by atoms with Gasteiger partial charge in [0.05, 0.1) is 21.3 Å². The van der Waals surface area contributed by atoms with Crippen LogP contribution in [0.4, 0.5) is 0 Å². The lowest BCUT2D eigenvalue weighted by Gasteiger charge is -2.11. The minimum absolute atomic E-state index is 0.150. The van der Waals surface area contributed by atoms with E-state index in [1.807, 2.05) is 48.5 Å². The quantitative estimate of drug-likeness (QED) is 0.321. The number of rotatable bonds is 8. The number of nitrogens with two attached hydrogens (primary N) is 1. The Morgan fingerprint density at radius 3 is 2.11 bits per heavy atom. The first-order chi connectivity index (χ1) is 17.0. The van der Waals surface area contributed by atoms with Crippen molar-refractivity contribution < 1.29 is 17.9 Å². The number of nitrogens with zero attached hydrogens (tertiary/aromatic N) is 1. The lowest BCUT2D eigenvalue weighted by molar-refractivity contribution is 0.100. The molecule has 0 aliphatic carbocycles. The van der Waals surface area contributed by atoms with Gasteiger partial charge in [0.1, 0.15) is 5.75 Å². The van der Waals surface area contributed by atoms with E-state index >= 15 is 0 Å². The van der Waals surface area contributed by atoms with E-state index in [0.29, 0.717) is 28.6 Å². The number of carbonyl (C=O) groups is 1. The number of hydrogen-bond donors (Lipinski definition) is 2. The van der Waals surface area contributed by atoms with E-state index < -0.39 is 15.9 Å². The predicted octanol–water partition coefficient (Wildman–Crippen LogP) is 4.26. The molecule has 0 spiro atoms. The van der Waals surface area contributed by atoms with Crippen molar-refractivity contribution >= 4 is 37.7 Å². The van der Waals surface area contributed by atoms with Crippen LogP contribution in [0.3, 0.4) is 0 Å². The van der Waals surface area contributed by atoms with Crippen molar-refractivity contribution in [2.75, 3.05) is 6.73 Å². The first-order valence-corrected chi connectivity index (χ1v) is 12.5. The van der Waals surface area contributed by atoms with E-state index in [-0.39, 0.29) is 11.6 Å². The Morgan fingerprint density at radius 1 is 0.800 bits per heavy atom. The van der Waals surface area contributed by atoms with Crippen molar-refractivity contribution in [3.63, 3.8) is 0 Å². The summed E-state index contributed by atoms with van der Waals surface area (Å²) in [5.74, 6) is -0.0993. The summed E-state index contributed by atoms with van der Waals surface area (Å²) in [7, 11) is -3.74. The first-order valence-electron chi connectivity index (χ1n) is 11.0. The first kappa shape index (κ1) is 22.6. The third kappa shape index (κ3) is 4.37. The van der Waals surface area contributed by atoms with Crippen LogP contribution in [-0.2, 0) is 16.6 Å². The molecular formula is C27H23N3O4S. The molecule has 0 radical (unpaired) electrons. The molecule has 0 unspecified atom stereocenters. The minimum atomic E-state index is -3.74. The maximum Gasteiger partial charge on any atom is 0.249 e. The highest BCUT2D eigenvalue weighted by Gasteiger charge is 2.20. The molecule has 3 N–H and O–H groups in total. The van der Waals surface area contributed by atoms with Crippen LogP contribution >= 0.6 is 0 Å². The highest BCUT2D eigenvalue weighted by molar-refractivity contribution is 7.89. The zero-order valence-corrected chi connectivity index (χ0v) is 19.5. The van der Waals surface area contributed by atoms with E-state index in [9.17, 15) is 13.2 Å². The Bertz CT molecular complexity index is 1630. The number of hydrogen-bond acceptors (Lipinski definition) is 4. The lowest BCUT2D eigenvalue weighted by atomic mass is 10.1. The molecule has 5 rings (SSSR count). The van der Waals surface area contributed by atoms with Gasteiger partial charge in [-0.05, 0) is 42.0 Å². The largest absolute Gasteiger partial charge is 0.477 e. The summed E-state index contributed by atoms with van der Waals surface area (Å²) in [5.41, 5.74) is 8.88. The van der Waals surface area contributed by atoms with Gasteiger partial charge in [-0.25, -0.2) is 8.42 Å². The zero-order valence-electron chi connectivity index (χ0n) is 18.7. The van der Waals surface area contributed by atoms with E-state index in [1.54, 1.807) is 36.4 Å². The van der Waals surface area contributed by atoms with Gasteiger partial charge in [-0.1, -0.05) is 60.7 Å². The van der Waals surface area contributed by atoms with Gasteiger partial charge in [-0.2, -0.15) is 4.72 Å². The highest BCUT2D eigenvalue weighted by atomic mass is 32.2. The molecule has 1 aromatic heterocycles. The van der Waals surface area contributed by atoms with Crippen LogP contribution in [0, 0.1) is 0 Å². The Balaban J connectivity index is 1.58. The summed E-state index contributed by atoms with van der Waals surface area (Å²) in [6.45, 7) is 0.299. The summed E-state index contributed by atoms with van der Waals surface area (Å²) < 4.78 is 35.7. The molecule has 0 saturated carbocycles. The van der Waals surface area contributed by atoms with E-state index in [0.717, 1.165) is 16.6 Å². The summed E-state index contributed by atoms with van der Waals surface area (Å²) in [4.78, 5) is 12.5. The number of aromatic nitrogens is 1. The molecule has 5 aromatic rings. The van der Waals surface area contributed by atoms with Crippen molar-refractivity contribution in [3.05, 3.63) is 108 Å². The van der Waals surface area contributed by atoms with Crippen LogP contribution in [0.1, 0.15) is 15.9 Å². The Morgan fingerprint density at radius 2 is 1.43 bits per heavy atom. The van der Waals surface area contributed by atoms with E-state index in [1.165, 1.54) is 12.1 Å². The maximum absolute atomic E-state index is 12.6. The number of sulfonamides is 1. The molecule has 0 bridgehead atoms. The second kappa shape index (κ2) is 9.25. The third-order valence-electron chi connectivity index (χ3n) is 5.86. The van der Waals surface area contributed by atoms with Crippen LogP contribution in [0.5, 0.6) is 5.75 Å². The van der Waals surface area contributed by atoms with Crippen molar-refractivity contribution in [1.82, 2.24) is 9.29 Å². The van der Waals surface area contributed by atoms with Gasteiger partial charge in [0, 0.05) is 17.5 Å². The number of ether oxygens (including phenoxy) is 1. The van der Waals surface area contributed by atoms with Gasteiger partial charge >= 0.3 is 0 Å². The molecule has 1 amide bonds. The number of amides is 1. The van der Waals surface area contributed by atoms with Crippen molar-refractivity contribution in [1.29, 1.82) is 0 Å². The molecule has 0 saturated heterocycles. The van der Waals surface area contributed by atoms with E-state index in [4.69, 9.17) is 10.5 Å². The number of fused-ring (bicyclic) bond motifs is 3. The Kier molecular flexibility index (Phi) is 5.98.